The minimum atomic E-state index is -4.70. The molecule has 0 saturated heterocycles. The number of alkyl halides is 3. The third-order valence-electron chi connectivity index (χ3n) is 3.63. The highest BCUT2D eigenvalue weighted by atomic mass is 19.4. The molecular formula is C18H14F3NO. The standard InChI is InChI=1S/C18H14F3NO/c19-18(20,21)23-14-10-8-13(9-11-14)17(22)16-7-3-5-12-4-1-2-6-15(12)16/h1-11,17H,22H2/t17-/m1/s1. The SMILES string of the molecule is N[C@H](c1ccc(OC(F)(F)F)cc1)c1cccc2ccccc12. The van der Waals surface area contributed by atoms with Gasteiger partial charge in [0.25, 0.3) is 0 Å². The third kappa shape index (κ3) is 3.46. The summed E-state index contributed by atoms with van der Waals surface area (Å²) in [4.78, 5) is 0. The van der Waals surface area contributed by atoms with Crippen molar-refractivity contribution in [3.8, 4) is 5.75 Å². The Morgan fingerprint density at radius 2 is 1.48 bits per heavy atom. The number of rotatable bonds is 3. The van der Waals surface area contributed by atoms with Gasteiger partial charge in [-0.15, -0.1) is 13.2 Å². The molecule has 0 unspecified atom stereocenters. The Labute approximate surface area is 131 Å². The van der Waals surface area contributed by atoms with E-state index in [-0.39, 0.29) is 5.75 Å². The highest BCUT2D eigenvalue weighted by Crippen LogP contribution is 2.29. The molecule has 0 aromatic heterocycles. The Hall–Kier alpha value is -2.53. The summed E-state index contributed by atoms with van der Waals surface area (Å²) >= 11 is 0. The van der Waals surface area contributed by atoms with Gasteiger partial charge in [0.15, 0.2) is 0 Å². The average molecular weight is 317 g/mol. The zero-order valence-corrected chi connectivity index (χ0v) is 12.0. The molecule has 118 valence electrons. The second kappa shape index (κ2) is 5.93. The molecule has 0 aliphatic rings. The number of nitrogens with two attached hydrogens (primary N) is 1. The molecule has 0 heterocycles. The molecule has 0 spiro atoms. The van der Waals surface area contributed by atoms with Gasteiger partial charge in [-0.25, -0.2) is 0 Å². The molecular weight excluding hydrogens is 303 g/mol. The van der Waals surface area contributed by atoms with E-state index in [9.17, 15) is 13.2 Å². The first-order valence-electron chi connectivity index (χ1n) is 7.03. The first-order chi connectivity index (χ1) is 10.9. The van der Waals surface area contributed by atoms with Gasteiger partial charge in [-0.2, -0.15) is 0 Å². The quantitative estimate of drug-likeness (QED) is 0.754. The lowest BCUT2D eigenvalue weighted by Gasteiger charge is -2.16. The number of ether oxygens (including phenoxy) is 1. The van der Waals surface area contributed by atoms with Gasteiger partial charge >= 0.3 is 6.36 Å². The molecule has 23 heavy (non-hydrogen) atoms. The highest BCUT2D eigenvalue weighted by Gasteiger charge is 2.31. The molecule has 0 aliphatic carbocycles. The van der Waals surface area contributed by atoms with Gasteiger partial charge in [0, 0.05) is 0 Å². The Morgan fingerprint density at radius 3 is 2.17 bits per heavy atom. The summed E-state index contributed by atoms with van der Waals surface area (Å²) in [6, 6.07) is 18.9. The topological polar surface area (TPSA) is 35.2 Å². The molecule has 3 rings (SSSR count). The van der Waals surface area contributed by atoms with E-state index in [0.717, 1.165) is 21.9 Å². The first-order valence-corrected chi connectivity index (χ1v) is 7.03. The van der Waals surface area contributed by atoms with Gasteiger partial charge in [0.1, 0.15) is 5.75 Å². The fourth-order valence-corrected chi connectivity index (χ4v) is 2.58. The maximum absolute atomic E-state index is 12.2. The molecule has 1 atom stereocenters. The van der Waals surface area contributed by atoms with E-state index >= 15 is 0 Å². The van der Waals surface area contributed by atoms with Crippen molar-refractivity contribution in [3.63, 3.8) is 0 Å². The van der Waals surface area contributed by atoms with E-state index in [1.54, 1.807) is 12.1 Å². The number of benzene rings is 3. The average Bonchev–Trinajstić information content (AvgIpc) is 2.53. The molecule has 3 aromatic rings. The van der Waals surface area contributed by atoms with Gasteiger partial charge in [0.2, 0.25) is 0 Å². The van der Waals surface area contributed by atoms with Crippen molar-refractivity contribution < 1.29 is 17.9 Å². The molecule has 0 saturated carbocycles. The number of hydrogen-bond acceptors (Lipinski definition) is 2. The molecule has 0 bridgehead atoms. The fraction of sp³-hybridized carbons (Fsp3) is 0.111. The highest BCUT2D eigenvalue weighted by molar-refractivity contribution is 5.86. The lowest BCUT2D eigenvalue weighted by molar-refractivity contribution is -0.274. The van der Waals surface area contributed by atoms with Crippen LogP contribution in [0, 0.1) is 0 Å². The van der Waals surface area contributed by atoms with Crippen molar-refractivity contribution in [2.75, 3.05) is 0 Å². The summed E-state index contributed by atoms with van der Waals surface area (Å²) in [5, 5.41) is 2.09. The van der Waals surface area contributed by atoms with Gasteiger partial charge in [-0.05, 0) is 34.0 Å². The number of halogens is 3. The van der Waals surface area contributed by atoms with Crippen LogP contribution < -0.4 is 10.5 Å². The predicted octanol–water partition coefficient (Wildman–Crippen LogP) is 4.79. The van der Waals surface area contributed by atoms with Crippen molar-refractivity contribution >= 4 is 10.8 Å². The van der Waals surface area contributed by atoms with Crippen LogP contribution in [0.2, 0.25) is 0 Å². The summed E-state index contributed by atoms with van der Waals surface area (Å²) in [5.41, 5.74) is 7.94. The second-order valence-corrected chi connectivity index (χ2v) is 5.16. The van der Waals surface area contributed by atoms with E-state index < -0.39 is 12.4 Å². The largest absolute Gasteiger partial charge is 0.573 e. The Kier molecular flexibility index (Phi) is 3.96. The smallest absolute Gasteiger partial charge is 0.406 e. The third-order valence-corrected chi connectivity index (χ3v) is 3.63. The monoisotopic (exact) mass is 317 g/mol. The minimum absolute atomic E-state index is 0.258. The van der Waals surface area contributed by atoms with Crippen molar-refractivity contribution in [3.05, 3.63) is 77.9 Å². The van der Waals surface area contributed by atoms with Crippen LogP contribution in [-0.4, -0.2) is 6.36 Å². The molecule has 0 amide bonds. The minimum Gasteiger partial charge on any atom is -0.406 e. The van der Waals surface area contributed by atoms with Crippen LogP contribution in [0.3, 0.4) is 0 Å². The maximum Gasteiger partial charge on any atom is 0.573 e. The fourth-order valence-electron chi connectivity index (χ4n) is 2.58. The van der Waals surface area contributed by atoms with E-state index in [1.807, 2.05) is 42.5 Å². The van der Waals surface area contributed by atoms with Gasteiger partial charge in [0.05, 0.1) is 6.04 Å². The van der Waals surface area contributed by atoms with E-state index in [1.165, 1.54) is 12.1 Å². The van der Waals surface area contributed by atoms with Crippen molar-refractivity contribution in [1.82, 2.24) is 0 Å². The van der Waals surface area contributed by atoms with Gasteiger partial charge in [-0.3, -0.25) is 0 Å². The zero-order valence-electron chi connectivity index (χ0n) is 12.0. The predicted molar refractivity (Wildman–Crippen MR) is 83.1 cm³/mol. The Morgan fingerprint density at radius 1 is 0.826 bits per heavy atom. The zero-order chi connectivity index (χ0) is 16.4. The van der Waals surface area contributed by atoms with Crippen molar-refractivity contribution in [2.45, 2.75) is 12.4 Å². The number of hydrogen-bond donors (Lipinski definition) is 1. The first kappa shape index (κ1) is 15.4. The molecule has 5 heteroatoms. The maximum atomic E-state index is 12.2. The van der Waals surface area contributed by atoms with E-state index in [4.69, 9.17) is 5.73 Å². The van der Waals surface area contributed by atoms with Crippen LogP contribution in [-0.2, 0) is 0 Å². The van der Waals surface area contributed by atoms with Crippen LogP contribution in [0.4, 0.5) is 13.2 Å². The molecule has 2 N–H and O–H groups in total. The summed E-state index contributed by atoms with van der Waals surface area (Å²) < 4.78 is 40.5. The van der Waals surface area contributed by atoms with Crippen molar-refractivity contribution in [2.24, 2.45) is 5.73 Å². The molecule has 0 aliphatic heterocycles. The Balaban J connectivity index is 1.92. The van der Waals surface area contributed by atoms with Crippen LogP contribution in [0.15, 0.2) is 66.7 Å². The summed E-state index contributed by atoms with van der Waals surface area (Å²) in [7, 11) is 0. The van der Waals surface area contributed by atoms with E-state index in [2.05, 4.69) is 4.74 Å². The summed E-state index contributed by atoms with van der Waals surface area (Å²) in [5.74, 6) is -0.258. The second-order valence-electron chi connectivity index (χ2n) is 5.16. The van der Waals surface area contributed by atoms with Crippen molar-refractivity contribution in [1.29, 1.82) is 0 Å². The van der Waals surface area contributed by atoms with Crippen LogP contribution in [0.5, 0.6) is 5.75 Å². The van der Waals surface area contributed by atoms with Gasteiger partial charge < -0.3 is 10.5 Å². The Bertz CT molecular complexity index is 807. The van der Waals surface area contributed by atoms with Crippen LogP contribution in [0.1, 0.15) is 17.2 Å². The molecule has 3 aromatic carbocycles. The van der Waals surface area contributed by atoms with E-state index in [0.29, 0.717) is 0 Å². The molecule has 0 radical (unpaired) electrons. The lowest BCUT2D eigenvalue weighted by Crippen LogP contribution is -2.17. The number of fused-ring (bicyclic) bond motifs is 1. The lowest BCUT2D eigenvalue weighted by atomic mass is 9.94. The van der Waals surface area contributed by atoms with Crippen LogP contribution in [0.25, 0.3) is 10.8 Å². The normalized spacial score (nSPS) is 13.0. The van der Waals surface area contributed by atoms with Gasteiger partial charge in [-0.1, -0.05) is 54.6 Å². The summed E-state index contributed by atoms with van der Waals surface area (Å²) in [6.07, 6.45) is -4.70. The molecule has 0 fully saturated rings. The molecule has 2 nitrogen and oxygen atoms in total. The summed E-state index contributed by atoms with van der Waals surface area (Å²) in [6.45, 7) is 0. The van der Waals surface area contributed by atoms with Crippen LogP contribution >= 0.6 is 0 Å².